The molecule has 0 aromatic heterocycles. The van der Waals surface area contributed by atoms with E-state index in [0.717, 1.165) is 17.7 Å². The molecular weight excluding hydrogens is 302 g/mol. The van der Waals surface area contributed by atoms with Crippen LogP contribution in [-0.4, -0.2) is 41.5 Å². The van der Waals surface area contributed by atoms with Crippen molar-refractivity contribution in [1.82, 2.24) is 5.32 Å². The number of rotatable bonds is 4. The first kappa shape index (κ1) is 15.4. The van der Waals surface area contributed by atoms with Gasteiger partial charge in [0, 0.05) is 6.61 Å². The molecule has 22 heavy (non-hydrogen) atoms. The molecule has 3 rings (SSSR count). The highest BCUT2D eigenvalue weighted by atomic mass is 32.2. The fourth-order valence-corrected chi connectivity index (χ4v) is 4.31. The minimum Gasteiger partial charge on any atom is -0.481 e. The average molecular weight is 321 g/mol. The van der Waals surface area contributed by atoms with E-state index in [9.17, 15) is 9.59 Å². The van der Waals surface area contributed by atoms with E-state index in [1.54, 1.807) is 11.8 Å². The number of carbonyl (C=O) groups is 2. The van der Waals surface area contributed by atoms with Gasteiger partial charge in [-0.2, -0.15) is 0 Å². The molecule has 0 bridgehead atoms. The Kier molecular flexibility index (Phi) is 4.40. The predicted molar refractivity (Wildman–Crippen MR) is 83.9 cm³/mol. The number of benzene rings is 1. The van der Waals surface area contributed by atoms with E-state index in [2.05, 4.69) is 11.4 Å². The van der Waals surface area contributed by atoms with Crippen LogP contribution in [-0.2, 0) is 20.7 Å². The zero-order valence-corrected chi connectivity index (χ0v) is 13.0. The summed E-state index contributed by atoms with van der Waals surface area (Å²) in [4.78, 5) is 23.8. The lowest BCUT2D eigenvalue weighted by atomic mass is 9.93. The lowest BCUT2D eigenvalue weighted by Crippen LogP contribution is -2.51. The molecule has 2 aliphatic heterocycles. The van der Waals surface area contributed by atoms with Crippen molar-refractivity contribution in [3.05, 3.63) is 35.4 Å². The summed E-state index contributed by atoms with van der Waals surface area (Å²) in [5, 5.41) is 11.8. The normalized spacial score (nSPS) is 27.2. The van der Waals surface area contributed by atoms with Crippen molar-refractivity contribution < 1.29 is 19.4 Å². The van der Waals surface area contributed by atoms with Gasteiger partial charge in [-0.1, -0.05) is 24.3 Å². The van der Waals surface area contributed by atoms with Gasteiger partial charge in [0.05, 0.1) is 18.6 Å². The Hall–Kier alpha value is -1.53. The molecule has 1 aromatic carbocycles. The third-order valence-electron chi connectivity index (χ3n) is 4.21. The summed E-state index contributed by atoms with van der Waals surface area (Å²) in [6.07, 6.45) is 1.41. The molecule has 1 amide bonds. The Labute approximate surface area is 133 Å². The number of fused-ring (bicyclic) bond motifs is 1. The number of ether oxygens (including phenoxy) is 1. The third-order valence-corrected chi connectivity index (χ3v) is 5.45. The molecule has 2 N–H and O–H groups in total. The lowest BCUT2D eigenvalue weighted by Gasteiger charge is -2.31. The summed E-state index contributed by atoms with van der Waals surface area (Å²) in [5.41, 5.74) is 1.48. The number of carboxylic acid groups (broad SMARTS) is 1. The van der Waals surface area contributed by atoms with Crippen molar-refractivity contribution in [2.24, 2.45) is 0 Å². The molecular formula is C16H19NO4S. The fraction of sp³-hybridized carbons (Fsp3) is 0.500. The molecule has 2 aliphatic rings. The summed E-state index contributed by atoms with van der Waals surface area (Å²) in [6, 6.07) is 7.97. The van der Waals surface area contributed by atoms with Gasteiger partial charge < -0.3 is 15.2 Å². The van der Waals surface area contributed by atoms with E-state index in [1.165, 1.54) is 5.56 Å². The van der Waals surface area contributed by atoms with E-state index < -0.39 is 11.5 Å². The van der Waals surface area contributed by atoms with Gasteiger partial charge >= 0.3 is 5.97 Å². The van der Waals surface area contributed by atoms with Crippen LogP contribution in [0.2, 0.25) is 0 Å². The van der Waals surface area contributed by atoms with Gasteiger partial charge in [-0.3, -0.25) is 9.59 Å². The number of carbonyl (C=O) groups excluding carboxylic acids is 1. The highest BCUT2D eigenvalue weighted by Crippen LogP contribution is 2.37. The summed E-state index contributed by atoms with van der Waals surface area (Å²) < 4.78 is 5.33. The van der Waals surface area contributed by atoms with Crippen molar-refractivity contribution in [2.45, 2.75) is 30.1 Å². The van der Waals surface area contributed by atoms with Gasteiger partial charge in [0.15, 0.2) is 0 Å². The van der Waals surface area contributed by atoms with Crippen molar-refractivity contribution in [3.8, 4) is 0 Å². The van der Waals surface area contributed by atoms with Crippen LogP contribution in [0.3, 0.4) is 0 Å². The van der Waals surface area contributed by atoms with E-state index >= 15 is 0 Å². The number of hydrogen-bond acceptors (Lipinski definition) is 4. The molecule has 0 saturated carbocycles. The first-order valence-corrected chi connectivity index (χ1v) is 8.45. The Morgan fingerprint density at radius 3 is 2.95 bits per heavy atom. The highest BCUT2D eigenvalue weighted by Gasteiger charge is 2.40. The number of hydrogen-bond donors (Lipinski definition) is 2. The second kappa shape index (κ2) is 6.30. The molecule has 1 fully saturated rings. The quantitative estimate of drug-likeness (QED) is 0.884. The van der Waals surface area contributed by atoms with E-state index in [-0.39, 0.29) is 24.2 Å². The first-order valence-electron chi connectivity index (χ1n) is 7.41. The number of amides is 1. The maximum Gasteiger partial charge on any atom is 0.305 e. The van der Waals surface area contributed by atoms with Crippen LogP contribution in [0.1, 0.15) is 29.2 Å². The molecule has 2 unspecified atom stereocenters. The topological polar surface area (TPSA) is 75.6 Å². The Balaban J connectivity index is 1.78. The Morgan fingerprint density at radius 1 is 1.41 bits per heavy atom. The third kappa shape index (κ3) is 3.13. The van der Waals surface area contributed by atoms with Gasteiger partial charge in [0.2, 0.25) is 5.91 Å². The second-order valence-electron chi connectivity index (χ2n) is 5.84. The molecule has 5 nitrogen and oxygen atoms in total. The predicted octanol–water partition coefficient (Wildman–Crippen LogP) is 1.77. The van der Waals surface area contributed by atoms with Gasteiger partial charge in [-0.05, 0) is 29.7 Å². The molecule has 6 heteroatoms. The van der Waals surface area contributed by atoms with Crippen LogP contribution in [0, 0.1) is 0 Å². The maximum atomic E-state index is 12.7. The largest absolute Gasteiger partial charge is 0.481 e. The van der Waals surface area contributed by atoms with Crippen molar-refractivity contribution in [2.75, 3.05) is 19.0 Å². The van der Waals surface area contributed by atoms with Crippen LogP contribution in [0.4, 0.5) is 0 Å². The van der Waals surface area contributed by atoms with Crippen LogP contribution in [0.5, 0.6) is 0 Å². The number of aryl methyl sites for hydroxylation is 1. The first-order chi connectivity index (χ1) is 10.6. The number of carboxylic acids is 1. The molecule has 1 aromatic rings. The highest BCUT2D eigenvalue weighted by molar-refractivity contribution is 8.00. The number of thioether (sulfide) groups is 1. The molecule has 118 valence electrons. The Bertz CT molecular complexity index is 583. The summed E-state index contributed by atoms with van der Waals surface area (Å²) >= 11 is 1.61. The summed E-state index contributed by atoms with van der Waals surface area (Å²) in [7, 11) is 0. The van der Waals surface area contributed by atoms with Gasteiger partial charge in [-0.15, -0.1) is 11.8 Å². The van der Waals surface area contributed by atoms with Crippen LogP contribution in [0.25, 0.3) is 0 Å². The van der Waals surface area contributed by atoms with Crippen molar-refractivity contribution in [1.29, 1.82) is 0 Å². The number of nitrogens with one attached hydrogen (secondary N) is 1. The minimum absolute atomic E-state index is 0.0994. The second-order valence-corrected chi connectivity index (χ2v) is 7.06. The van der Waals surface area contributed by atoms with Crippen molar-refractivity contribution in [3.63, 3.8) is 0 Å². The SMILES string of the molecule is O=C(O)CC1(NC(=O)C2SCCc3ccccc32)CCOC1. The van der Waals surface area contributed by atoms with Gasteiger partial charge in [-0.25, -0.2) is 0 Å². The van der Waals surface area contributed by atoms with E-state index in [0.29, 0.717) is 13.0 Å². The zero-order chi connectivity index (χ0) is 15.6. The molecule has 2 heterocycles. The standard InChI is InChI=1S/C16H19NO4S/c18-13(19)9-16(6-7-21-10-16)17-15(20)14-12-4-2-1-3-11(12)5-8-22-14/h1-4,14H,5-10H2,(H,17,20)(H,18,19). The Morgan fingerprint density at radius 2 is 2.23 bits per heavy atom. The van der Waals surface area contributed by atoms with Gasteiger partial charge in [0.25, 0.3) is 0 Å². The maximum absolute atomic E-state index is 12.7. The lowest BCUT2D eigenvalue weighted by molar-refractivity contribution is -0.139. The van der Waals surface area contributed by atoms with E-state index in [4.69, 9.17) is 9.84 Å². The van der Waals surface area contributed by atoms with Gasteiger partial charge in [0.1, 0.15) is 5.25 Å². The smallest absolute Gasteiger partial charge is 0.305 e. The van der Waals surface area contributed by atoms with Crippen molar-refractivity contribution >= 4 is 23.6 Å². The van der Waals surface area contributed by atoms with Crippen LogP contribution >= 0.6 is 11.8 Å². The average Bonchev–Trinajstić information content (AvgIpc) is 2.93. The molecule has 0 radical (unpaired) electrons. The van der Waals surface area contributed by atoms with Crippen LogP contribution < -0.4 is 5.32 Å². The molecule has 1 saturated heterocycles. The summed E-state index contributed by atoms with van der Waals surface area (Å²) in [5.74, 6) is -0.122. The molecule has 2 atom stereocenters. The number of aliphatic carboxylic acids is 1. The monoisotopic (exact) mass is 321 g/mol. The fourth-order valence-electron chi connectivity index (χ4n) is 3.12. The minimum atomic E-state index is -0.914. The summed E-state index contributed by atoms with van der Waals surface area (Å²) in [6.45, 7) is 0.756. The zero-order valence-electron chi connectivity index (χ0n) is 12.2. The molecule has 0 aliphatic carbocycles. The van der Waals surface area contributed by atoms with E-state index in [1.807, 2.05) is 18.2 Å². The molecule has 0 spiro atoms. The van der Waals surface area contributed by atoms with Crippen LogP contribution in [0.15, 0.2) is 24.3 Å².